The topological polar surface area (TPSA) is 20.3 Å². The number of carbonyl (C=O) groups is 1. The Morgan fingerprint density at radius 3 is 2.94 bits per heavy atom. The summed E-state index contributed by atoms with van der Waals surface area (Å²) in [5, 5.41) is 0. The molecule has 2 nitrogen and oxygen atoms in total. The molecule has 1 fully saturated rings. The molecule has 1 aromatic carbocycles. The first-order chi connectivity index (χ1) is 8.36. The van der Waals surface area contributed by atoms with Gasteiger partial charge in [-0.1, -0.05) is 25.3 Å². The van der Waals surface area contributed by atoms with E-state index in [4.69, 9.17) is 0 Å². The van der Waals surface area contributed by atoms with Gasteiger partial charge >= 0.3 is 0 Å². The minimum atomic E-state index is 0.277. The lowest BCUT2D eigenvalue weighted by Crippen LogP contribution is -2.35. The molecule has 0 atom stereocenters. The molecule has 2 aliphatic rings. The van der Waals surface area contributed by atoms with Gasteiger partial charge in [0.1, 0.15) is 0 Å². The molecule has 1 aromatic rings. The maximum atomic E-state index is 12.5. The maximum absolute atomic E-state index is 12.5. The summed E-state index contributed by atoms with van der Waals surface area (Å²) in [4.78, 5) is 14.5. The SMILES string of the molecule is O=C(C1CCCCC1)N1CCc2c[c]ccc21. The van der Waals surface area contributed by atoms with Gasteiger partial charge in [-0.25, -0.2) is 0 Å². The highest BCUT2D eigenvalue weighted by Gasteiger charge is 2.30. The second-order valence-corrected chi connectivity index (χ2v) is 5.13. The van der Waals surface area contributed by atoms with Crippen molar-refractivity contribution in [3.63, 3.8) is 0 Å². The number of hydrogen-bond acceptors (Lipinski definition) is 1. The Morgan fingerprint density at radius 2 is 2.12 bits per heavy atom. The number of amides is 1. The minimum absolute atomic E-state index is 0.277. The molecule has 1 aliphatic heterocycles. The van der Waals surface area contributed by atoms with Crippen LogP contribution < -0.4 is 4.90 Å². The van der Waals surface area contributed by atoms with Crippen molar-refractivity contribution in [3.8, 4) is 0 Å². The van der Waals surface area contributed by atoms with Crippen molar-refractivity contribution in [2.45, 2.75) is 38.5 Å². The molecule has 0 spiro atoms. The minimum Gasteiger partial charge on any atom is -0.312 e. The van der Waals surface area contributed by atoms with E-state index in [1.807, 2.05) is 23.1 Å². The highest BCUT2D eigenvalue weighted by atomic mass is 16.2. The average molecular weight is 228 g/mol. The molecular formula is C15H18NO. The fraction of sp³-hybridized carbons (Fsp3) is 0.533. The zero-order valence-corrected chi connectivity index (χ0v) is 10.1. The molecule has 0 saturated heterocycles. The van der Waals surface area contributed by atoms with Crippen molar-refractivity contribution in [2.24, 2.45) is 5.92 Å². The molecule has 89 valence electrons. The lowest BCUT2D eigenvalue weighted by atomic mass is 9.88. The molecule has 0 bridgehead atoms. The van der Waals surface area contributed by atoms with E-state index in [2.05, 4.69) is 6.07 Å². The highest BCUT2D eigenvalue weighted by Crippen LogP contribution is 2.32. The van der Waals surface area contributed by atoms with Gasteiger partial charge < -0.3 is 4.90 Å². The van der Waals surface area contributed by atoms with Crippen LogP contribution in [0.15, 0.2) is 18.2 Å². The Labute approximate surface area is 103 Å². The third-order valence-corrected chi connectivity index (χ3v) is 4.04. The normalized spacial score (nSPS) is 20.4. The van der Waals surface area contributed by atoms with Gasteiger partial charge in [-0.3, -0.25) is 4.79 Å². The van der Waals surface area contributed by atoms with E-state index in [0.29, 0.717) is 5.91 Å². The van der Waals surface area contributed by atoms with Crippen LogP contribution >= 0.6 is 0 Å². The Hall–Kier alpha value is -1.31. The first-order valence-corrected chi connectivity index (χ1v) is 6.66. The lowest BCUT2D eigenvalue weighted by Gasteiger charge is -2.26. The summed E-state index contributed by atoms with van der Waals surface area (Å²) < 4.78 is 0. The van der Waals surface area contributed by atoms with E-state index in [1.54, 1.807) is 0 Å². The third kappa shape index (κ3) is 1.97. The largest absolute Gasteiger partial charge is 0.312 e. The molecule has 1 radical (unpaired) electrons. The zero-order valence-electron chi connectivity index (χ0n) is 10.1. The first-order valence-electron chi connectivity index (χ1n) is 6.66. The number of benzene rings is 1. The number of rotatable bonds is 1. The van der Waals surface area contributed by atoms with Crippen molar-refractivity contribution in [1.82, 2.24) is 0 Å². The van der Waals surface area contributed by atoms with Crippen LogP contribution in [-0.4, -0.2) is 12.5 Å². The summed E-state index contributed by atoms with van der Waals surface area (Å²) in [6.45, 7) is 0.864. The molecule has 1 aliphatic carbocycles. The standard InChI is InChI=1S/C15H18NO/c17-15(13-7-2-1-3-8-13)16-11-10-12-6-4-5-9-14(12)16/h5-6,9,13H,1-3,7-8,10-11H2. The highest BCUT2D eigenvalue weighted by molar-refractivity contribution is 5.97. The summed E-state index contributed by atoms with van der Waals surface area (Å²) in [5.74, 6) is 0.633. The van der Waals surface area contributed by atoms with Gasteiger partial charge in [-0.2, -0.15) is 0 Å². The van der Waals surface area contributed by atoms with Crippen LogP contribution in [0, 0.1) is 12.0 Å². The van der Waals surface area contributed by atoms with Crippen LogP contribution in [0.4, 0.5) is 5.69 Å². The number of nitrogens with zero attached hydrogens (tertiary/aromatic N) is 1. The fourth-order valence-corrected chi connectivity index (χ4v) is 3.07. The molecule has 17 heavy (non-hydrogen) atoms. The summed E-state index contributed by atoms with van der Waals surface area (Å²) >= 11 is 0. The van der Waals surface area contributed by atoms with Crippen LogP contribution in [0.5, 0.6) is 0 Å². The van der Waals surface area contributed by atoms with Gasteiger partial charge in [0.05, 0.1) is 0 Å². The Bertz CT molecular complexity index is 421. The van der Waals surface area contributed by atoms with Crippen molar-refractivity contribution in [2.75, 3.05) is 11.4 Å². The summed E-state index contributed by atoms with van der Waals surface area (Å²) in [6, 6.07) is 9.05. The molecule has 1 saturated carbocycles. The molecule has 1 amide bonds. The van der Waals surface area contributed by atoms with E-state index in [1.165, 1.54) is 24.8 Å². The van der Waals surface area contributed by atoms with Gasteiger partial charge in [0.25, 0.3) is 0 Å². The second kappa shape index (κ2) is 4.52. The van der Waals surface area contributed by atoms with Gasteiger partial charge in [0, 0.05) is 18.2 Å². The first kappa shape index (κ1) is 10.8. The predicted molar refractivity (Wildman–Crippen MR) is 67.9 cm³/mol. The molecule has 3 rings (SSSR count). The van der Waals surface area contributed by atoms with Crippen LogP contribution in [0.1, 0.15) is 37.7 Å². The second-order valence-electron chi connectivity index (χ2n) is 5.13. The summed E-state index contributed by atoms with van der Waals surface area (Å²) in [6.07, 6.45) is 6.91. The Balaban J connectivity index is 1.79. The molecule has 0 aromatic heterocycles. The summed E-state index contributed by atoms with van der Waals surface area (Å²) in [7, 11) is 0. The average Bonchev–Trinajstić information content (AvgIpc) is 2.83. The van der Waals surface area contributed by atoms with Crippen molar-refractivity contribution >= 4 is 11.6 Å². The maximum Gasteiger partial charge on any atom is 0.230 e. The van der Waals surface area contributed by atoms with E-state index in [0.717, 1.165) is 31.5 Å². The molecule has 1 heterocycles. The fourth-order valence-electron chi connectivity index (χ4n) is 3.07. The number of hydrogen-bond donors (Lipinski definition) is 0. The quantitative estimate of drug-likeness (QED) is 0.723. The molecule has 0 N–H and O–H groups in total. The molecule has 2 heteroatoms. The van der Waals surface area contributed by atoms with Gasteiger partial charge in [0.15, 0.2) is 0 Å². The third-order valence-electron chi connectivity index (χ3n) is 4.04. The monoisotopic (exact) mass is 228 g/mol. The zero-order chi connectivity index (χ0) is 11.7. The van der Waals surface area contributed by atoms with Gasteiger partial charge in [-0.05, 0) is 43.0 Å². The van der Waals surface area contributed by atoms with E-state index in [-0.39, 0.29) is 5.92 Å². The van der Waals surface area contributed by atoms with Gasteiger partial charge in [-0.15, -0.1) is 0 Å². The molecular weight excluding hydrogens is 210 g/mol. The summed E-state index contributed by atoms with van der Waals surface area (Å²) in [5.41, 5.74) is 2.40. The van der Waals surface area contributed by atoms with Crippen LogP contribution in [-0.2, 0) is 11.2 Å². The predicted octanol–water partition coefficient (Wildman–Crippen LogP) is 2.96. The Kier molecular flexibility index (Phi) is 2.87. The van der Waals surface area contributed by atoms with E-state index in [9.17, 15) is 4.79 Å². The van der Waals surface area contributed by atoms with Gasteiger partial charge in [0.2, 0.25) is 5.91 Å². The molecule has 0 unspecified atom stereocenters. The van der Waals surface area contributed by atoms with Crippen LogP contribution in [0.3, 0.4) is 0 Å². The van der Waals surface area contributed by atoms with Crippen LogP contribution in [0.2, 0.25) is 0 Å². The number of anilines is 1. The van der Waals surface area contributed by atoms with Crippen LogP contribution in [0.25, 0.3) is 0 Å². The lowest BCUT2D eigenvalue weighted by molar-refractivity contribution is -0.123. The Morgan fingerprint density at radius 1 is 1.29 bits per heavy atom. The van der Waals surface area contributed by atoms with E-state index < -0.39 is 0 Å². The van der Waals surface area contributed by atoms with Crippen molar-refractivity contribution < 1.29 is 4.79 Å². The van der Waals surface area contributed by atoms with Crippen molar-refractivity contribution in [1.29, 1.82) is 0 Å². The van der Waals surface area contributed by atoms with Crippen molar-refractivity contribution in [3.05, 3.63) is 29.8 Å². The number of fused-ring (bicyclic) bond motifs is 1. The smallest absolute Gasteiger partial charge is 0.230 e. The van der Waals surface area contributed by atoms with E-state index >= 15 is 0 Å². The number of carbonyl (C=O) groups excluding carboxylic acids is 1.